The molecule has 0 bridgehead atoms. The number of rotatable bonds is 6. The Bertz CT molecular complexity index is 539. The van der Waals surface area contributed by atoms with Gasteiger partial charge in [0.05, 0.1) is 12.7 Å². The first kappa shape index (κ1) is 12.3. The Morgan fingerprint density at radius 3 is 2.84 bits per heavy atom. The van der Waals surface area contributed by atoms with Crippen LogP contribution in [0.15, 0.2) is 12.4 Å². The van der Waals surface area contributed by atoms with Crippen molar-refractivity contribution in [3.63, 3.8) is 0 Å². The Morgan fingerprint density at radius 1 is 1.42 bits per heavy atom. The molecule has 2 aromatic rings. The molecule has 0 aliphatic heterocycles. The van der Waals surface area contributed by atoms with E-state index in [4.69, 9.17) is 0 Å². The summed E-state index contributed by atoms with van der Waals surface area (Å²) in [6.45, 7) is 3.84. The summed E-state index contributed by atoms with van der Waals surface area (Å²) in [4.78, 5) is 6.95. The van der Waals surface area contributed by atoms with E-state index in [0.717, 1.165) is 31.2 Å². The molecule has 1 aliphatic rings. The molecule has 0 aromatic carbocycles. The second-order valence-electron chi connectivity index (χ2n) is 5.21. The van der Waals surface area contributed by atoms with Gasteiger partial charge in [-0.25, -0.2) is 4.98 Å². The number of nitrogens with one attached hydrogen (secondary N) is 1. The Morgan fingerprint density at radius 2 is 2.26 bits per heavy atom. The average Bonchev–Trinajstić information content (AvgIpc) is 3.03. The smallest absolute Gasteiger partial charge is 0.150 e. The summed E-state index contributed by atoms with van der Waals surface area (Å²) in [6, 6.07) is 0.690. The second kappa shape index (κ2) is 5.13. The molecule has 1 N–H and O–H groups in total. The zero-order valence-electron chi connectivity index (χ0n) is 11.5. The topological polar surface area (TPSA) is 62.6 Å². The fraction of sp³-hybridized carbons (Fsp3) is 0.615. The number of hydrogen-bond acceptors (Lipinski definition) is 4. The summed E-state index contributed by atoms with van der Waals surface area (Å²) in [6.07, 6.45) is 7.47. The molecule has 2 heterocycles. The molecule has 6 heteroatoms. The van der Waals surface area contributed by atoms with Gasteiger partial charge >= 0.3 is 0 Å². The minimum atomic E-state index is 0.690. The van der Waals surface area contributed by atoms with E-state index >= 15 is 0 Å². The number of aromatic nitrogens is 5. The van der Waals surface area contributed by atoms with Crippen LogP contribution in [0.25, 0.3) is 0 Å². The molecular formula is C13H20N6. The summed E-state index contributed by atoms with van der Waals surface area (Å²) in [7, 11) is 1.95. The van der Waals surface area contributed by atoms with Crippen molar-refractivity contribution in [2.75, 3.05) is 0 Å². The van der Waals surface area contributed by atoms with Crippen molar-refractivity contribution in [1.29, 1.82) is 0 Å². The average molecular weight is 260 g/mol. The molecule has 102 valence electrons. The first-order chi connectivity index (χ1) is 9.24. The summed E-state index contributed by atoms with van der Waals surface area (Å²) in [5.41, 5.74) is 1.25. The number of hydrogen-bond donors (Lipinski definition) is 1. The lowest BCUT2D eigenvalue weighted by Gasteiger charge is -2.19. The molecule has 19 heavy (non-hydrogen) atoms. The molecule has 0 amide bonds. The highest BCUT2D eigenvalue weighted by atomic mass is 15.3. The lowest BCUT2D eigenvalue weighted by molar-refractivity contribution is 0.239. The maximum absolute atomic E-state index is 4.50. The van der Waals surface area contributed by atoms with Gasteiger partial charge in [0.15, 0.2) is 0 Å². The van der Waals surface area contributed by atoms with Gasteiger partial charge in [-0.2, -0.15) is 10.2 Å². The molecule has 0 atom stereocenters. The maximum Gasteiger partial charge on any atom is 0.150 e. The predicted molar refractivity (Wildman–Crippen MR) is 71.2 cm³/mol. The van der Waals surface area contributed by atoms with Gasteiger partial charge in [-0.3, -0.25) is 14.7 Å². The van der Waals surface area contributed by atoms with Crippen molar-refractivity contribution in [2.45, 2.75) is 45.3 Å². The number of aromatic amines is 1. The van der Waals surface area contributed by atoms with Gasteiger partial charge in [0.2, 0.25) is 0 Å². The number of aryl methyl sites for hydroxylation is 2. The van der Waals surface area contributed by atoms with Crippen LogP contribution in [-0.4, -0.2) is 35.9 Å². The Hall–Kier alpha value is -1.69. The normalized spacial score (nSPS) is 15.3. The zero-order chi connectivity index (χ0) is 13.2. The van der Waals surface area contributed by atoms with Crippen LogP contribution in [0.1, 0.15) is 37.0 Å². The van der Waals surface area contributed by atoms with E-state index in [1.165, 1.54) is 18.4 Å². The second-order valence-corrected chi connectivity index (χ2v) is 5.21. The molecular weight excluding hydrogens is 240 g/mol. The van der Waals surface area contributed by atoms with Crippen LogP contribution in [0, 0.1) is 0 Å². The van der Waals surface area contributed by atoms with Crippen LogP contribution in [0.2, 0.25) is 0 Å². The van der Waals surface area contributed by atoms with Crippen LogP contribution < -0.4 is 0 Å². The van der Waals surface area contributed by atoms with Gasteiger partial charge in [0.25, 0.3) is 0 Å². The molecule has 0 radical (unpaired) electrons. The van der Waals surface area contributed by atoms with Gasteiger partial charge in [-0.1, -0.05) is 6.92 Å². The number of nitrogens with zero attached hydrogens (tertiary/aromatic N) is 5. The van der Waals surface area contributed by atoms with Crippen molar-refractivity contribution in [2.24, 2.45) is 7.05 Å². The molecule has 1 aliphatic carbocycles. The van der Waals surface area contributed by atoms with E-state index in [1.807, 2.05) is 17.9 Å². The van der Waals surface area contributed by atoms with Gasteiger partial charge in [0, 0.05) is 37.8 Å². The van der Waals surface area contributed by atoms with Crippen molar-refractivity contribution >= 4 is 0 Å². The van der Waals surface area contributed by atoms with Crippen molar-refractivity contribution in [1.82, 2.24) is 29.9 Å². The van der Waals surface area contributed by atoms with E-state index in [2.05, 4.69) is 38.3 Å². The molecule has 3 rings (SSSR count). The Kier molecular flexibility index (Phi) is 3.33. The highest BCUT2D eigenvalue weighted by Crippen LogP contribution is 2.29. The summed E-state index contributed by atoms with van der Waals surface area (Å²) < 4.78 is 1.85. The molecule has 0 saturated heterocycles. The van der Waals surface area contributed by atoms with E-state index in [-0.39, 0.29) is 0 Å². The van der Waals surface area contributed by atoms with E-state index in [0.29, 0.717) is 6.04 Å². The minimum Gasteiger partial charge on any atom is -0.289 e. The van der Waals surface area contributed by atoms with Gasteiger partial charge in [0.1, 0.15) is 11.6 Å². The van der Waals surface area contributed by atoms with Crippen LogP contribution in [-0.2, 0) is 26.6 Å². The Labute approximate surface area is 112 Å². The Balaban J connectivity index is 1.67. The van der Waals surface area contributed by atoms with Gasteiger partial charge in [-0.05, 0) is 12.8 Å². The maximum atomic E-state index is 4.50. The van der Waals surface area contributed by atoms with E-state index in [1.54, 1.807) is 0 Å². The largest absolute Gasteiger partial charge is 0.289 e. The summed E-state index contributed by atoms with van der Waals surface area (Å²) in [5.74, 6) is 1.86. The van der Waals surface area contributed by atoms with Crippen molar-refractivity contribution < 1.29 is 0 Å². The fourth-order valence-electron chi connectivity index (χ4n) is 2.30. The zero-order valence-corrected chi connectivity index (χ0v) is 11.5. The van der Waals surface area contributed by atoms with Crippen LogP contribution in [0.4, 0.5) is 0 Å². The predicted octanol–water partition coefficient (Wildman–Crippen LogP) is 1.27. The molecule has 0 unspecified atom stereocenters. The third-order valence-electron chi connectivity index (χ3n) is 3.45. The molecule has 1 saturated carbocycles. The van der Waals surface area contributed by atoms with Crippen molar-refractivity contribution in [3.05, 3.63) is 29.6 Å². The van der Waals surface area contributed by atoms with Crippen LogP contribution >= 0.6 is 0 Å². The van der Waals surface area contributed by atoms with Crippen LogP contribution in [0.5, 0.6) is 0 Å². The quantitative estimate of drug-likeness (QED) is 0.849. The number of H-pyrrole nitrogens is 1. The highest BCUT2D eigenvalue weighted by Gasteiger charge is 2.29. The summed E-state index contributed by atoms with van der Waals surface area (Å²) >= 11 is 0. The standard InChI is InChI=1S/C13H20N6/c1-3-12-15-13(17-16-12)9-19(11-4-5-11)8-10-6-14-18(2)7-10/h6-7,11H,3-5,8-9H2,1-2H3,(H,15,16,17). The lowest BCUT2D eigenvalue weighted by atomic mass is 10.3. The minimum absolute atomic E-state index is 0.690. The monoisotopic (exact) mass is 260 g/mol. The fourth-order valence-corrected chi connectivity index (χ4v) is 2.30. The van der Waals surface area contributed by atoms with E-state index in [9.17, 15) is 0 Å². The SMILES string of the molecule is CCc1n[nH]c(CN(Cc2cnn(C)c2)C2CC2)n1. The van der Waals surface area contributed by atoms with Gasteiger partial charge in [-0.15, -0.1) is 0 Å². The van der Waals surface area contributed by atoms with Crippen molar-refractivity contribution in [3.8, 4) is 0 Å². The summed E-state index contributed by atoms with van der Waals surface area (Å²) in [5, 5.41) is 11.5. The molecule has 6 nitrogen and oxygen atoms in total. The van der Waals surface area contributed by atoms with Crippen LogP contribution in [0.3, 0.4) is 0 Å². The molecule has 2 aromatic heterocycles. The molecule has 0 spiro atoms. The third-order valence-corrected chi connectivity index (χ3v) is 3.45. The lowest BCUT2D eigenvalue weighted by Crippen LogP contribution is -2.25. The first-order valence-corrected chi connectivity index (χ1v) is 6.86. The van der Waals surface area contributed by atoms with Gasteiger partial charge < -0.3 is 0 Å². The van der Waals surface area contributed by atoms with E-state index < -0.39 is 0 Å². The highest BCUT2D eigenvalue weighted by molar-refractivity contribution is 5.05. The first-order valence-electron chi connectivity index (χ1n) is 6.86. The third kappa shape index (κ3) is 3.01. The molecule has 1 fully saturated rings.